The Bertz CT molecular complexity index is 916. The van der Waals surface area contributed by atoms with Gasteiger partial charge >= 0.3 is 18.1 Å². The number of aromatic carboxylic acids is 1. The molecule has 0 spiro atoms. The van der Waals surface area contributed by atoms with Crippen molar-refractivity contribution < 1.29 is 41.5 Å². The number of alkyl halides is 5. The van der Waals surface area contributed by atoms with Crippen LogP contribution in [0.15, 0.2) is 36.4 Å². The standard InChI is InChI=1S/C15H7ClF5NO5/c16-10-5-7(14(17,18)15(19,20)21)1-4-12(10)27-8-2-3-11(22(25)26)9(6-8)13(23)24/h1-6H,(H,23,24). The maximum absolute atomic E-state index is 13.3. The van der Waals surface area contributed by atoms with Crippen LogP contribution in [0.2, 0.25) is 5.02 Å². The first-order chi connectivity index (χ1) is 12.3. The van der Waals surface area contributed by atoms with Crippen molar-refractivity contribution in [1.82, 2.24) is 0 Å². The van der Waals surface area contributed by atoms with Gasteiger partial charge in [0.1, 0.15) is 17.1 Å². The molecule has 0 aliphatic heterocycles. The smallest absolute Gasteiger partial charge is 0.458 e. The zero-order chi connectivity index (χ0) is 20.6. The van der Waals surface area contributed by atoms with Crippen LogP contribution in [-0.4, -0.2) is 22.2 Å². The van der Waals surface area contributed by atoms with E-state index in [2.05, 4.69) is 0 Å². The molecule has 2 aromatic rings. The molecule has 12 heteroatoms. The number of halogens is 6. The lowest BCUT2D eigenvalue weighted by Gasteiger charge is -2.20. The Morgan fingerprint density at radius 1 is 1.11 bits per heavy atom. The number of nitrogens with zero attached hydrogens (tertiary/aromatic N) is 1. The van der Waals surface area contributed by atoms with E-state index in [1.165, 1.54) is 0 Å². The average molecular weight is 412 g/mol. The van der Waals surface area contributed by atoms with Crippen molar-refractivity contribution in [2.45, 2.75) is 12.1 Å². The lowest BCUT2D eigenvalue weighted by Crippen LogP contribution is -2.33. The number of rotatable bonds is 5. The lowest BCUT2D eigenvalue weighted by atomic mass is 10.1. The molecule has 0 fully saturated rings. The van der Waals surface area contributed by atoms with E-state index in [1.54, 1.807) is 0 Å². The maximum atomic E-state index is 13.3. The molecule has 0 saturated heterocycles. The molecule has 144 valence electrons. The van der Waals surface area contributed by atoms with E-state index >= 15 is 0 Å². The van der Waals surface area contributed by atoms with Gasteiger partial charge in [-0.15, -0.1) is 0 Å². The summed E-state index contributed by atoms with van der Waals surface area (Å²) in [6, 6.07) is 4.16. The van der Waals surface area contributed by atoms with Gasteiger partial charge in [-0.1, -0.05) is 11.6 Å². The Kier molecular flexibility index (Phi) is 5.27. The van der Waals surface area contributed by atoms with E-state index in [0.717, 1.165) is 24.3 Å². The Labute approximate surface area is 151 Å². The van der Waals surface area contributed by atoms with E-state index in [4.69, 9.17) is 21.4 Å². The van der Waals surface area contributed by atoms with Gasteiger partial charge < -0.3 is 9.84 Å². The van der Waals surface area contributed by atoms with Crippen molar-refractivity contribution in [3.05, 3.63) is 62.7 Å². The molecule has 0 bridgehead atoms. The van der Waals surface area contributed by atoms with Crippen LogP contribution < -0.4 is 4.74 Å². The summed E-state index contributed by atoms with van der Waals surface area (Å²) in [7, 11) is 0. The topological polar surface area (TPSA) is 89.7 Å². The number of carboxylic acids is 1. The van der Waals surface area contributed by atoms with Gasteiger partial charge in [0, 0.05) is 17.7 Å². The van der Waals surface area contributed by atoms with E-state index < -0.39 is 44.8 Å². The van der Waals surface area contributed by atoms with Crippen molar-refractivity contribution in [3.63, 3.8) is 0 Å². The van der Waals surface area contributed by atoms with Crippen LogP contribution in [0.5, 0.6) is 11.5 Å². The molecule has 6 nitrogen and oxygen atoms in total. The molecule has 0 aromatic heterocycles. The second-order valence-electron chi connectivity index (χ2n) is 5.06. The predicted octanol–water partition coefficient (Wildman–Crippen LogP) is 5.39. The molecule has 0 saturated carbocycles. The molecule has 2 rings (SSSR count). The van der Waals surface area contributed by atoms with Crippen molar-refractivity contribution in [3.8, 4) is 11.5 Å². The molecule has 2 aromatic carbocycles. The zero-order valence-corrected chi connectivity index (χ0v) is 13.5. The monoisotopic (exact) mass is 411 g/mol. The third-order valence-electron chi connectivity index (χ3n) is 3.27. The first-order valence-corrected chi connectivity index (χ1v) is 7.16. The van der Waals surface area contributed by atoms with Crippen LogP contribution in [0, 0.1) is 10.1 Å². The number of carboxylic acid groups (broad SMARTS) is 1. The van der Waals surface area contributed by atoms with Gasteiger partial charge in [0.2, 0.25) is 0 Å². The highest BCUT2D eigenvalue weighted by atomic mass is 35.5. The molecular weight excluding hydrogens is 405 g/mol. The fourth-order valence-corrected chi connectivity index (χ4v) is 2.20. The van der Waals surface area contributed by atoms with Crippen molar-refractivity contribution in [2.75, 3.05) is 0 Å². The van der Waals surface area contributed by atoms with E-state index in [9.17, 15) is 36.9 Å². The highest BCUT2D eigenvalue weighted by Gasteiger charge is 2.58. The quantitative estimate of drug-likeness (QED) is 0.404. The molecule has 0 aliphatic rings. The maximum Gasteiger partial charge on any atom is 0.458 e. The number of carbonyl (C=O) groups is 1. The third kappa shape index (κ3) is 4.08. The number of ether oxygens (including phenoxy) is 1. The molecule has 27 heavy (non-hydrogen) atoms. The molecule has 0 heterocycles. The highest BCUT2D eigenvalue weighted by Crippen LogP contribution is 2.45. The van der Waals surface area contributed by atoms with E-state index in [1.807, 2.05) is 0 Å². The molecule has 0 amide bonds. The van der Waals surface area contributed by atoms with Gasteiger partial charge in [0.15, 0.2) is 0 Å². The Hall–Kier alpha value is -2.95. The van der Waals surface area contributed by atoms with Crippen LogP contribution >= 0.6 is 11.6 Å². The van der Waals surface area contributed by atoms with Gasteiger partial charge in [-0.3, -0.25) is 10.1 Å². The van der Waals surface area contributed by atoms with E-state index in [-0.39, 0.29) is 11.5 Å². The van der Waals surface area contributed by atoms with Crippen molar-refractivity contribution >= 4 is 23.3 Å². The largest absolute Gasteiger partial charge is 0.477 e. The van der Waals surface area contributed by atoms with Gasteiger partial charge in [-0.05, 0) is 24.3 Å². The number of nitro groups is 1. The average Bonchev–Trinajstić information content (AvgIpc) is 2.55. The van der Waals surface area contributed by atoms with Gasteiger partial charge in [0.05, 0.1) is 9.95 Å². The fourth-order valence-electron chi connectivity index (χ4n) is 1.98. The Balaban J connectivity index is 2.38. The molecular formula is C15H7ClF5NO5. The van der Waals surface area contributed by atoms with Gasteiger partial charge in [-0.25, -0.2) is 4.79 Å². The first-order valence-electron chi connectivity index (χ1n) is 6.78. The SMILES string of the molecule is O=C(O)c1cc(Oc2ccc(C(F)(F)C(F)(F)F)cc2Cl)ccc1[N+](=O)[O-]. The second-order valence-corrected chi connectivity index (χ2v) is 5.47. The Morgan fingerprint density at radius 2 is 1.74 bits per heavy atom. The van der Waals surface area contributed by atoms with Gasteiger partial charge in [0.25, 0.3) is 5.69 Å². The van der Waals surface area contributed by atoms with Crippen molar-refractivity contribution in [1.29, 1.82) is 0 Å². The zero-order valence-electron chi connectivity index (χ0n) is 12.8. The summed E-state index contributed by atoms with van der Waals surface area (Å²) in [5.74, 6) is -7.38. The fraction of sp³-hybridized carbons (Fsp3) is 0.133. The lowest BCUT2D eigenvalue weighted by molar-refractivity contribution is -0.385. The van der Waals surface area contributed by atoms with Gasteiger partial charge in [-0.2, -0.15) is 22.0 Å². The summed E-state index contributed by atoms with van der Waals surface area (Å²) in [5.41, 5.74) is -2.85. The minimum absolute atomic E-state index is 0.254. The molecule has 0 atom stereocenters. The molecule has 0 unspecified atom stereocenters. The molecule has 0 aliphatic carbocycles. The number of benzene rings is 2. The number of hydrogen-bond donors (Lipinski definition) is 1. The van der Waals surface area contributed by atoms with Crippen LogP contribution in [0.3, 0.4) is 0 Å². The highest BCUT2D eigenvalue weighted by molar-refractivity contribution is 6.32. The predicted molar refractivity (Wildman–Crippen MR) is 81.5 cm³/mol. The third-order valence-corrected chi connectivity index (χ3v) is 3.57. The minimum atomic E-state index is -5.83. The van der Waals surface area contributed by atoms with Crippen molar-refractivity contribution in [2.24, 2.45) is 0 Å². The number of nitro benzene ring substituents is 1. The van der Waals surface area contributed by atoms with Crippen LogP contribution in [0.1, 0.15) is 15.9 Å². The molecule has 1 N–H and O–H groups in total. The van der Waals surface area contributed by atoms with E-state index in [0.29, 0.717) is 12.1 Å². The summed E-state index contributed by atoms with van der Waals surface area (Å²) in [4.78, 5) is 20.9. The normalized spacial score (nSPS) is 11.9. The van der Waals surface area contributed by atoms with Crippen LogP contribution in [-0.2, 0) is 5.92 Å². The van der Waals surface area contributed by atoms with Crippen LogP contribution in [0.4, 0.5) is 27.6 Å². The minimum Gasteiger partial charge on any atom is -0.477 e. The summed E-state index contributed by atoms with van der Waals surface area (Å²) in [6.07, 6.45) is -5.83. The summed E-state index contributed by atoms with van der Waals surface area (Å²) in [6.45, 7) is 0. The summed E-state index contributed by atoms with van der Waals surface area (Å²) in [5, 5.41) is 19.2. The first kappa shape index (κ1) is 20.4. The van der Waals surface area contributed by atoms with Crippen LogP contribution in [0.25, 0.3) is 0 Å². The number of hydrogen-bond acceptors (Lipinski definition) is 4. The Morgan fingerprint density at radius 3 is 2.22 bits per heavy atom. The second kappa shape index (κ2) is 6.99. The molecule has 0 radical (unpaired) electrons. The summed E-state index contributed by atoms with van der Waals surface area (Å²) >= 11 is 5.67. The summed E-state index contributed by atoms with van der Waals surface area (Å²) < 4.78 is 68.9.